The highest BCUT2D eigenvalue weighted by Gasteiger charge is 2.32. The summed E-state index contributed by atoms with van der Waals surface area (Å²) in [5.74, 6) is -0.334. The highest BCUT2D eigenvalue weighted by atomic mass is 16.6. The molecule has 2 aromatic rings. The van der Waals surface area contributed by atoms with Crippen molar-refractivity contribution in [3.05, 3.63) is 84.8 Å². The number of rotatable bonds is 6. The van der Waals surface area contributed by atoms with E-state index in [0.717, 1.165) is 11.3 Å². The van der Waals surface area contributed by atoms with Crippen LogP contribution >= 0.6 is 0 Å². The number of methoxy groups -OCH3 is 1. The third-order valence-corrected chi connectivity index (χ3v) is 3.74. The number of para-hydroxylation sites is 1. The maximum atomic E-state index is 12.5. The van der Waals surface area contributed by atoms with Gasteiger partial charge < -0.3 is 9.84 Å². The molecule has 3 nitrogen and oxygen atoms in total. The number of hydrogen-bond acceptors (Lipinski definition) is 2. The van der Waals surface area contributed by atoms with Crippen molar-refractivity contribution < 1.29 is 9.84 Å². The molecule has 0 amide bonds. The summed E-state index contributed by atoms with van der Waals surface area (Å²) in [4.78, 5) is 0. The van der Waals surface area contributed by atoms with Gasteiger partial charge >= 0.3 is 0 Å². The first-order valence-electron chi connectivity index (χ1n) is 7.17. The van der Waals surface area contributed by atoms with Crippen LogP contribution in [0.5, 0.6) is 0 Å². The van der Waals surface area contributed by atoms with Crippen molar-refractivity contribution in [1.29, 1.82) is 0 Å². The first kappa shape index (κ1) is 15.9. The minimum atomic E-state index is -0.334. The average Bonchev–Trinajstić information content (AvgIpc) is 2.57. The zero-order valence-electron chi connectivity index (χ0n) is 13.0. The Kier molecular flexibility index (Phi) is 5.02. The lowest BCUT2D eigenvalue weighted by Gasteiger charge is -2.36. The van der Waals surface area contributed by atoms with Gasteiger partial charge in [-0.05, 0) is 37.5 Å². The zero-order chi connectivity index (χ0) is 16.0. The molecule has 2 rings (SSSR count). The van der Waals surface area contributed by atoms with Crippen LogP contribution in [0.3, 0.4) is 0 Å². The molecule has 0 radical (unpaired) electrons. The Morgan fingerprint density at radius 3 is 2.14 bits per heavy atom. The molecule has 114 valence electrons. The van der Waals surface area contributed by atoms with Gasteiger partial charge in [0, 0.05) is 5.56 Å². The van der Waals surface area contributed by atoms with Crippen LogP contribution in [0, 0.1) is 0 Å². The van der Waals surface area contributed by atoms with Crippen molar-refractivity contribution in [2.75, 3.05) is 20.7 Å². The van der Waals surface area contributed by atoms with E-state index in [1.54, 1.807) is 0 Å². The number of quaternary nitrogens is 1. The van der Waals surface area contributed by atoms with E-state index in [1.165, 1.54) is 7.11 Å². The maximum Gasteiger partial charge on any atom is 0.167 e. The van der Waals surface area contributed by atoms with Crippen molar-refractivity contribution in [3.8, 4) is 0 Å². The molecule has 3 heteroatoms. The zero-order valence-corrected chi connectivity index (χ0v) is 13.0. The number of likely N-dealkylation sites (N-methyl/N-ethyl adjacent to an activating group) is 1. The molecule has 0 N–H and O–H groups in total. The second-order valence-corrected chi connectivity index (χ2v) is 5.20. The van der Waals surface area contributed by atoms with Gasteiger partial charge in [0.1, 0.15) is 18.2 Å². The summed E-state index contributed by atoms with van der Waals surface area (Å²) in [7, 11) is 3.41. The average molecular weight is 295 g/mol. The summed E-state index contributed by atoms with van der Waals surface area (Å²) >= 11 is 0. The predicted octanol–water partition coefficient (Wildman–Crippen LogP) is 3.14. The molecule has 0 spiro atoms. The van der Waals surface area contributed by atoms with Crippen molar-refractivity contribution in [1.82, 2.24) is 4.48 Å². The predicted molar refractivity (Wildman–Crippen MR) is 89.6 cm³/mol. The SMILES string of the molecule is C=CC[N+](C)(/C(=C(\[O-])OC)c1ccccc1)c1ccccc1. The number of hydrogen-bond donors (Lipinski definition) is 0. The maximum absolute atomic E-state index is 12.5. The van der Waals surface area contributed by atoms with Crippen LogP contribution in [0.2, 0.25) is 0 Å². The molecule has 0 aliphatic carbocycles. The summed E-state index contributed by atoms with van der Waals surface area (Å²) < 4.78 is 5.36. The summed E-state index contributed by atoms with van der Waals surface area (Å²) in [5, 5.41) is 12.5. The fourth-order valence-corrected chi connectivity index (χ4v) is 2.64. The molecule has 0 bridgehead atoms. The van der Waals surface area contributed by atoms with Gasteiger partial charge in [-0.25, -0.2) is 0 Å². The third-order valence-electron chi connectivity index (χ3n) is 3.74. The monoisotopic (exact) mass is 295 g/mol. The Morgan fingerprint density at radius 2 is 1.64 bits per heavy atom. The Balaban J connectivity index is 2.68. The summed E-state index contributed by atoms with van der Waals surface area (Å²) in [5.41, 5.74) is 2.45. The van der Waals surface area contributed by atoms with Crippen molar-refractivity contribution in [3.63, 3.8) is 0 Å². The van der Waals surface area contributed by atoms with Gasteiger partial charge in [-0.2, -0.15) is 0 Å². The van der Waals surface area contributed by atoms with Gasteiger partial charge in [-0.1, -0.05) is 43.0 Å². The van der Waals surface area contributed by atoms with Crippen molar-refractivity contribution in [2.24, 2.45) is 0 Å². The Morgan fingerprint density at radius 1 is 1.09 bits per heavy atom. The molecule has 0 aliphatic rings. The summed E-state index contributed by atoms with van der Waals surface area (Å²) in [6, 6.07) is 19.5. The van der Waals surface area contributed by atoms with Gasteiger partial charge in [-0.15, -0.1) is 0 Å². The molecular formula is C19H21NO2. The molecule has 22 heavy (non-hydrogen) atoms. The topological polar surface area (TPSA) is 32.3 Å². The van der Waals surface area contributed by atoms with E-state index in [4.69, 9.17) is 4.74 Å². The number of ether oxygens (including phenoxy) is 1. The molecule has 2 aromatic carbocycles. The van der Waals surface area contributed by atoms with E-state index < -0.39 is 0 Å². The van der Waals surface area contributed by atoms with Crippen LogP contribution in [-0.2, 0) is 4.74 Å². The highest BCUT2D eigenvalue weighted by molar-refractivity contribution is 5.75. The molecule has 1 atom stereocenters. The first-order valence-corrected chi connectivity index (χ1v) is 7.17. The van der Waals surface area contributed by atoms with E-state index in [0.29, 0.717) is 16.7 Å². The lowest BCUT2D eigenvalue weighted by molar-refractivity contribution is -0.352. The van der Waals surface area contributed by atoms with Crippen molar-refractivity contribution >= 4 is 11.4 Å². The smallest absolute Gasteiger partial charge is 0.167 e. The fourth-order valence-electron chi connectivity index (χ4n) is 2.64. The van der Waals surface area contributed by atoms with Gasteiger partial charge in [0.05, 0.1) is 7.05 Å². The van der Waals surface area contributed by atoms with Crippen LogP contribution in [0.25, 0.3) is 5.70 Å². The van der Waals surface area contributed by atoms with E-state index in [1.807, 2.05) is 73.8 Å². The minimum absolute atomic E-state index is 0.307. The van der Waals surface area contributed by atoms with Crippen LogP contribution in [-0.4, -0.2) is 20.7 Å². The minimum Gasteiger partial charge on any atom is -0.613 e. The molecule has 0 aliphatic heterocycles. The Labute approximate surface area is 132 Å². The van der Waals surface area contributed by atoms with Crippen LogP contribution in [0.15, 0.2) is 79.3 Å². The molecule has 0 aromatic heterocycles. The van der Waals surface area contributed by atoms with Crippen LogP contribution in [0.4, 0.5) is 5.69 Å². The van der Waals surface area contributed by atoms with Gasteiger partial charge in [-0.3, -0.25) is 4.48 Å². The highest BCUT2D eigenvalue weighted by Crippen LogP contribution is 2.34. The van der Waals surface area contributed by atoms with E-state index in [9.17, 15) is 5.11 Å². The van der Waals surface area contributed by atoms with Gasteiger partial charge in [0.2, 0.25) is 0 Å². The third kappa shape index (κ3) is 3.05. The van der Waals surface area contributed by atoms with Gasteiger partial charge in [0.15, 0.2) is 5.70 Å². The van der Waals surface area contributed by atoms with Crippen LogP contribution < -0.4 is 9.59 Å². The lowest BCUT2D eigenvalue weighted by Crippen LogP contribution is -2.45. The lowest BCUT2D eigenvalue weighted by atomic mass is 10.1. The number of nitrogens with zero attached hydrogens (tertiary/aromatic N) is 1. The fraction of sp³-hybridized carbons (Fsp3) is 0.158. The second-order valence-electron chi connectivity index (χ2n) is 5.20. The Hall–Kier alpha value is -2.52. The standard InChI is InChI=1S/C19H21NO2/c1-4-15-20(2,17-13-9-6-10-14-17)18(19(21)22-3)16-11-7-5-8-12-16/h4-14H,1,15H2,2-3H3/b19-18+. The molecule has 0 heterocycles. The largest absolute Gasteiger partial charge is 0.613 e. The van der Waals surface area contributed by atoms with Gasteiger partial charge in [0.25, 0.3) is 0 Å². The van der Waals surface area contributed by atoms with E-state index >= 15 is 0 Å². The van der Waals surface area contributed by atoms with E-state index in [-0.39, 0.29) is 5.95 Å². The molecule has 0 saturated heterocycles. The summed E-state index contributed by atoms with van der Waals surface area (Å²) in [6.45, 7) is 4.44. The molecular weight excluding hydrogens is 274 g/mol. The summed E-state index contributed by atoms with van der Waals surface area (Å²) in [6.07, 6.45) is 1.82. The molecule has 1 unspecified atom stereocenters. The normalized spacial score (nSPS) is 14.6. The van der Waals surface area contributed by atoms with Crippen molar-refractivity contribution in [2.45, 2.75) is 0 Å². The second kappa shape index (κ2) is 6.96. The molecule has 0 fully saturated rings. The number of benzene rings is 2. The first-order chi connectivity index (χ1) is 10.6. The Bertz CT molecular complexity index is 650. The van der Waals surface area contributed by atoms with Crippen LogP contribution in [0.1, 0.15) is 5.56 Å². The quantitative estimate of drug-likeness (QED) is 0.466. The van der Waals surface area contributed by atoms with E-state index in [2.05, 4.69) is 6.58 Å². The molecule has 0 saturated carbocycles.